The number of aromatic nitrogens is 2. The summed E-state index contributed by atoms with van der Waals surface area (Å²) in [4.78, 5) is 17.7. The van der Waals surface area contributed by atoms with Crippen molar-refractivity contribution in [2.75, 3.05) is 33.3 Å². The van der Waals surface area contributed by atoms with Crippen LogP contribution in [0.4, 0.5) is 4.79 Å². The van der Waals surface area contributed by atoms with Crippen molar-refractivity contribution < 1.29 is 9.53 Å². The number of carbonyl (C=O) groups is 1. The minimum absolute atomic E-state index is 0.213. The lowest BCUT2D eigenvalue weighted by molar-refractivity contribution is 0.0963. The van der Waals surface area contributed by atoms with E-state index in [1.165, 1.54) is 5.56 Å². The number of guanidine groups is 1. The zero-order valence-corrected chi connectivity index (χ0v) is 14.8. The summed E-state index contributed by atoms with van der Waals surface area (Å²) in [6, 6.07) is 0.320. The quantitative estimate of drug-likeness (QED) is 0.612. The van der Waals surface area contributed by atoms with E-state index >= 15 is 0 Å². The minimum Gasteiger partial charge on any atom is -0.450 e. The third-order valence-electron chi connectivity index (χ3n) is 4.05. The summed E-state index contributed by atoms with van der Waals surface area (Å²) < 4.78 is 6.84. The first-order valence-electron chi connectivity index (χ1n) is 8.48. The van der Waals surface area contributed by atoms with Crippen LogP contribution in [0.25, 0.3) is 0 Å². The Hall–Kier alpha value is -2.25. The van der Waals surface area contributed by atoms with Crippen LogP contribution in [-0.2, 0) is 18.2 Å². The van der Waals surface area contributed by atoms with Gasteiger partial charge in [0.05, 0.1) is 12.8 Å². The Balaban J connectivity index is 1.69. The van der Waals surface area contributed by atoms with Gasteiger partial charge >= 0.3 is 6.09 Å². The van der Waals surface area contributed by atoms with Gasteiger partial charge in [-0.1, -0.05) is 0 Å². The standard InChI is InChI=1S/C16H28N6O2/c1-4-24-16(23)22-9-6-14(7-10-22)20-15(17-2)18-8-5-13-11-19-21(3)12-13/h11-12,14H,4-10H2,1-3H3,(H2,17,18,20). The Morgan fingerprint density at radius 3 is 2.79 bits per heavy atom. The zero-order valence-electron chi connectivity index (χ0n) is 14.8. The Bertz CT molecular complexity index is 549. The number of aliphatic imine (C=N–C) groups is 1. The summed E-state index contributed by atoms with van der Waals surface area (Å²) in [6.07, 6.45) is 6.36. The van der Waals surface area contributed by atoms with Crippen molar-refractivity contribution in [3.63, 3.8) is 0 Å². The van der Waals surface area contributed by atoms with Crippen molar-refractivity contribution in [1.29, 1.82) is 0 Å². The largest absolute Gasteiger partial charge is 0.450 e. The molecule has 1 aromatic rings. The number of hydrogen-bond acceptors (Lipinski definition) is 4. The van der Waals surface area contributed by atoms with Crippen LogP contribution >= 0.6 is 0 Å². The molecule has 24 heavy (non-hydrogen) atoms. The van der Waals surface area contributed by atoms with Crippen molar-refractivity contribution >= 4 is 12.1 Å². The zero-order chi connectivity index (χ0) is 17.4. The number of amides is 1. The first-order chi connectivity index (χ1) is 11.6. The topological polar surface area (TPSA) is 83.8 Å². The van der Waals surface area contributed by atoms with E-state index in [4.69, 9.17) is 4.74 Å². The molecule has 2 rings (SSSR count). The second-order valence-electron chi connectivity index (χ2n) is 5.88. The average molecular weight is 336 g/mol. The van der Waals surface area contributed by atoms with Crippen LogP contribution < -0.4 is 10.6 Å². The predicted octanol–water partition coefficient (Wildman–Crippen LogP) is 0.749. The van der Waals surface area contributed by atoms with E-state index in [2.05, 4.69) is 20.7 Å². The van der Waals surface area contributed by atoms with E-state index in [1.807, 2.05) is 26.4 Å². The molecule has 2 heterocycles. The lowest BCUT2D eigenvalue weighted by atomic mass is 10.1. The normalized spacial score (nSPS) is 16.1. The SMILES string of the molecule is CCOC(=O)N1CCC(NC(=NC)NCCc2cnn(C)c2)CC1. The average Bonchev–Trinajstić information content (AvgIpc) is 3.00. The van der Waals surface area contributed by atoms with Gasteiger partial charge in [-0.3, -0.25) is 9.67 Å². The van der Waals surface area contributed by atoms with Gasteiger partial charge in [0, 0.05) is 46.0 Å². The second-order valence-corrected chi connectivity index (χ2v) is 5.88. The van der Waals surface area contributed by atoms with E-state index in [9.17, 15) is 4.79 Å². The maximum Gasteiger partial charge on any atom is 0.409 e. The molecule has 1 amide bonds. The number of carbonyl (C=O) groups excluding carboxylic acids is 1. The number of hydrogen-bond donors (Lipinski definition) is 2. The van der Waals surface area contributed by atoms with Gasteiger partial charge in [0.15, 0.2) is 5.96 Å². The Morgan fingerprint density at radius 2 is 2.21 bits per heavy atom. The third kappa shape index (κ3) is 5.43. The first kappa shape index (κ1) is 18.1. The minimum atomic E-state index is -0.213. The molecule has 8 nitrogen and oxygen atoms in total. The maximum absolute atomic E-state index is 11.7. The van der Waals surface area contributed by atoms with Crippen LogP contribution in [0.15, 0.2) is 17.4 Å². The molecule has 0 radical (unpaired) electrons. The van der Waals surface area contributed by atoms with Crippen LogP contribution in [0.1, 0.15) is 25.3 Å². The summed E-state index contributed by atoms with van der Waals surface area (Å²) in [5.74, 6) is 0.800. The van der Waals surface area contributed by atoms with Crippen molar-refractivity contribution in [2.24, 2.45) is 12.0 Å². The summed E-state index contributed by atoms with van der Waals surface area (Å²) in [6.45, 7) is 4.47. The van der Waals surface area contributed by atoms with Crippen LogP contribution in [0.2, 0.25) is 0 Å². The van der Waals surface area contributed by atoms with Crippen LogP contribution in [0.5, 0.6) is 0 Å². The summed E-state index contributed by atoms with van der Waals surface area (Å²) >= 11 is 0. The van der Waals surface area contributed by atoms with Crippen molar-refractivity contribution in [3.8, 4) is 0 Å². The van der Waals surface area contributed by atoms with Gasteiger partial charge in [-0.15, -0.1) is 0 Å². The van der Waals surface area contributed by atoms with Gasteiger partial charge < -0.3 is 20.3 Å². The molecule has 0 spiro atoms. The highest BCUT2D eigenvalue weighted by Crippen LogP contribution is 2.11. The number of rotatable bonds is 5. The molecule has 1 aromatic heterocycles. The molecule has 0 aromatic carbocycles. The smallest absolute Gasteiger partial charge is 0.409 e. The molecule has 0 bridgehead atoms. The molecule has 134 valence electrons. The van der Waals surface area contributed by atoms with E-state index < -0.39 is 0 Å². The fourth-order valence-corrected chi connectivity index (χ4v) is 2.74. The molecule has 8 heteroatoms. The highest BCUT2D eigenvalue weighted by molar-refractivity contribution is 5.80. The van der Waals surface area contributed by atoms with Crippen LogP contribution in [0, 0.1) is 0 Å². The van der Waals surface area contributed by atoms with Crippen molar-refractivity contribution in [3.05, 3.63) is 18.0 Å². The molecule has 0 unspecified atom stereocenters. The number of nitrogens with zero attached hydrogens (tertiary/aromatic N) is 4. The highest BCUT2D eigenvalue weighted by Gasteiger charge is 2.23. The molecule has 1 saturated heterocycles. The Labute approximate surface area is 143 Å². The first-order valence-corrected chi connectivity index (χ1v) is 8.48. The number of likely N-dealkylation sites (tertiary alicyclic amines) is 1. The summed E-state index contributed by atoms with van der Waals surface area (Å²) in [5, 5.41) is 10.9. The van der Waals surface area contributed by atoms with E-state index in [0.29, 0.717) is 25.7 Å². The fourth-order valence-electron chi connectivity index (χ4n) is 2.74. The fraction of sp³-hybridized carbons (Fsp3) is 0.688. The molecule has 0 aliphatic carbocycles. The van der Waals surface area contributed by atoms with Crippen LogP contribution in [-0.4, -0.2) is 66.1 Å². The maximum atomic E-state index is 11.7. The molecule has 1 fully saturated rings. The molecular formula is C16H28N6O2. The predicted molar refractivity (Wildman–Crippen MR) is 93.0 cm³/mol. The number of piperidine rings is 1. The van der Waals surface area contributed by atoms with Gasteiger partial charge in [0.2, 0.25) is 0 Å². The number of aryl methyl sites for hydroxylation is 1. The van der Waals surface area contributed by atoms with Gasteiger partial charge in [-0.25, -0.2) is 4.79 Å². The second kappa shape index (κ2) is 9.14. The van der Waals surface area contributed by atoms with Crippen LogP contribution in [0.3, 0.4) is 0 Å². The van der Waals surface area contributed by atoms with Gasteiger partial charge in [0.1, 0.15) is 0 Å². The molecule has 1 aliphatic heterocycles. The molecule has 1 aliphatic rings. The van der Waals surface area contributed by atoms with E-state index in [1.54, 1.807) is 16.6 Å². The van der Waals surface area contributed by atoms with Crippen molar-refractivity contribution in [1.82, 2.24) is 25.3 Å². The lowest BCUT2D eigenvalue weighted by Gasteiger charge is -2.32. The lowest BCUT2D eigenvalue weighted by Crippen LogP contribution is -2.50. The van der Waals surface area contributed by atoms with Gasteiger partial charge in [-0.2, -0.15) is 5.10 Å². The van der Waals surface area contributed by atoms with Gasteiger partial charge in [0.25, 0.3) is 0 Å². The number of ether oxygens (including phenoxy) is 1. The highest BCUT2D eigenvalue weighted by atomic mass is 16.6. The summed E-state index contributed by atoms with van der Waals surface area (Å²) in [5.41, 5.74) is 1.20. The Kier molecular flexibility index (Phi) is 6.89. The molecule has 0 atom stereocenters. The third-order valence-corrected chi connectivity index (χ3v) is 4.05. The Morgan fingerprint density at radius 1 is 1.46 bits per heavy atom. The monoisotopic (exact) mass is 336 g/mol. The van der Waals surface area contributed by atoms with Gasteiger partial charge in [-0.05, 0) is 31.7 Å². The molecule has 0 saturated carbocycles. The molecular weight excluding hydrogens is 308 g/mol. The summed E-state index contributed by atoms with van der Waals surface area (Å²) in [7, 11) is 3.69. The number of nitrogens with one attached hydrogen (secondary N) is 2. The van der Waals surface area contributed by atoms with E-state index in [0.717, 1.165) is 31.8 Å². The van der Waals surface area contributed by atoms with E-state index in [-0.39, 0.29) is 6.09 Å². The van der Waals surface area contributed by atoms with Crippen molar-refractivity contribution in [2.45, 2.75) is 32.2 Å². The molecule has 2 N–H and O–H groups in total.